The van der Waals surface area contributed by atoms with Crippen LogP contribution in [0, 0.1) is 0 Å². The van der Waals surface area contributed by atoms with Gasteiger partial charge in [-0.15, -0.1) is 0 Å². The Balaban J connectivity index is 0.000000720. The van der Waals surface area contributed by atoms with E-state index >= 15 is 0 Å². The maximum Gasteiger partial charge on any atom is 2.00 e. The summed E-state index contributed by atoms with van der Waals surface area (Å²) in [5.41, 5.74) is 0.829. The molecule has 1 aliphatic rings. The van der Waals surface area contributed by atoms with Crippen LogP contribution in [0.2, 0.25) is 0 Å². The predicted molar refractivity (Wildman–Crippen MR) is 44.2 cm³/mol. The van der Waals surface area contributed by atoms with Crippen molar-refractivity contribution in [3.05, 3.63) is 40.7 Å². The topological polar surface area (TPSA) is 48.2 Å². The van der Waals surface area contributed by atoms with Crippen molar-refractivity contribution in [3.63, 3.8) is 0 Å². The van der Waals surface area contributed by atoms with Crippen LogP contribution in [0.5, 0.6) is 0 Å². The van der Waals surface area contributed by atoms with Gasteiger partial charge in [-0.3, -0.25) is 0 Å². The molecule has 2 rings (SSSR count). The molecule has 0 bridgehead atoms. The standard InChI is InChI=1S/C8H5NO2.Ba.ClH/c10-7-5-3-1-2-4-6(5)8(11)9-7;;/h1-4H,(H,9,10,11);;1H/q;+2;/p-2. The number of fused-ring (bicyclic) bond motifs is 1. The second-order valence-electron chi connectivity index (χ2n) is 2.27. The zero-order valence-corrected chi connectivity index (χ0v) is 11.9. The van der Waals surface area contributed by atoms with Crippen molar-refractivity contribution in [2.45, 2.75) is 0 Å². The molecule has 0 atom stereocenters. The first-order chi connectivity index (χ1) is 5.29. The summed E-state index contributed by atoms with van der Waals surface area (Å²) in [5, 5.41) is 3.28. The van der Waals surface area contributed by atoms with E-state index in [1.807, 2.05) is 0 Å². The molecule has 3 nitrogen and oxygen atoms in total. The zero-order chi connectivity index (χ0) is 7.84. The summed E-state index contributed by atoms with van der Waals surface area (Å²) in [4.78, 5) is 21.8. The first kappa shape index (κ1) is 13.2. The van der Waals surface area contributed by atoms with Crippen molar-refractivity contribution in [3.8, 4) is 0 Å². The summed E-state index contributed by atoms with van der Waals surface area (Å²) in [6, 6.07) is 6.63. The molecule has 0 unspecified atom stereocenters. The second kappa shape index (κ2) is 5.19. The van der Waals surface area contributed by atoms with Crippen molar-refractivity contribution in [2.75, 3.05) is 0 Å². The van der Waals surface area contributed by atoms with E-state index in [0.717, 1.165) is 0 Å². The zero-order valence-electron chi connectivity index (χ0n) is 6.66. The van der Waals surface area contributed by atoms with Gasteiger partial charge in [0.2, 0.25) is 0 Å². The van der Waals surface area contributed by atoms with Gasteiger partial charge in [-0.2, -0.15) is 0 Å². The van der Waals surface area contributed by atoms with Crippen LogP contribution in [-0.4, -0.2) is 60.7 Å². The van der Waals surface area contributed by atoms with E-state index in [1.165, 1.54) is 0 Å². The largest absolute Gasteiger partial charge is 2.00 e. The van der Waals surface area contributed by atoms with Crippen LogP contribution in [0.15, 0.2) is 24.3 Å². The molecule has 62 valence electrons. The van der Waals surface area contributed by atoms with Crippen molar-refractivity contribution in [1.82, 2.24) is 0 Å². The minimum absolute atomic E-state index is 0. The molecule has 2 amide bonds. The molecule has 5 heteroatoms. The third-order valence-electron chi connectivity index (χ3n) is 1.59. The van der Waals surface area contributed by atoms with Gasteiger partial charge in [-0.25, -0.2) is 0 Å². The third kappa shape index (κ3) is 2.37. The van der Waals surface area contributed by atoms with Crippen LogP contribution in [0.1, 0.15) is 20.7 Å². The predicted octanol–water partition coefficient (Wildman–Crippen LogP) is -2.02. The fraction of sp³-hybridized carbons (Fsp3) is 0. The Bertz CT molecular complexity index is 321. The minimum atomic E-state index is -0.425. The number of amides is 2. The van der Waals surface area contributed by atoms with E-state index in [1.54, 1.807) is 24.3 Å². The molecule has 0 saturated heterocycles. The van der Waals surface area contributed by atoms with Gasteiger partial charge in [0.25, 0.3) is 0 Å². The maximum atomic E-state index is 10.9. The molecule has 1 aromatic carbocycles. The van der Waals surface area contributed by atoms with Gasteiger partial charge in [0.05, 0.1) is 11.8 Å². The van der Waals surface area contributed by atoms with Gasteiger partial charge in [0.15, 0.2) is 0 Å². The van der Waals surface area contributed by atoms with Crippen LogP contribution in [-0.2, 0) is 0 Å². The summed E-state index contributed by atoms with van der Waals surface area (Å²) >= 11 is 0. The Hall–Kier alpha value is 0.221. The summed E-state index contributed by atoms with van der Waals surface area (Å²) in [5.74, 6) is -0.851. The van der Waals surface area contributed by atoms with Crippen LogP contribution in [0.4, 0.5) is 0 Å². The van der Waals surface area contributed by atoms with Gasteiger partial charge in [0, 0.05) is 11.1 Å². The van der Waals surface area contributed by atoms with Gasteiger partial charge >= 0.3 is 48.9 Å². The summed E-state index contributed by atoms with van der Waals surface area (Å²) in [6.07, 6.45) is 0. The Morgan fingerprint density at radius 2 is 1.31 bits per heavy atom. The SMILES string of the molecule is O=C1[N-]C(=O)c2ccccc21.[Ba+2].[Cl-]. The first-order valence-electron chi connectivity index (χ1n) is 3.18. The number of carbonyl (C=O) groups excluding carboxylic acids is 2. The fourth-order valence-electron chi connectivity index (χ4n) is 1.07. The number of benzene rings is 1. The number of carbonyl (C=O) groups is 2. The smallest absolute Gasteiger partial charge is 1.00 e. The number of imide groups is 1. The van der Waals surface area contributed by atoms with Crippen molar-refractivity contribution in [2.24, 2.45) is 0 Å². The summed E-state index contributed by atoms with van der Waals surface area (Å²) in [6.45, 7) is 0. The van der Waals surface area contributed by atoms with E-state index in [9.17, 15) is 9.59 Å². The number of halogens is 1. The van der Waals surface area contributed by atoms with Gasteiger partial charge in [-0.05, 0) is 0 Å². The first-order valence-corrected chi connectivity index (χ1v) is 3.18. The molecule has 13 heavy (non-hydrogen) atoms. The maximum absolute atomic E-state index is 10.9. The average molecular weight is 319 g/mol. The molecule has 0 spiro atoms. The van der Waals surface area contributed by atoms with E-state index < -0.39 is 11.8 Å². The van der Waals surface area contributed by atoms with Crippen molar-refractivity contribution < 1.29 is 22.0 Å². The van der Waals surface area contributed by atoms with Gasteiger partial charge in [0.1, 0.15) is 0 Å². The normalized spacial score (nSPS) is 12.3. The van der Waals surface area contributed by atoms with Crippen LogP contribution in [0.25, 0.3) is 5.32 Å². The summed E-state index contributed by atoms with van der Waals surface area (Å²) in [7, 11) is 0. The molecule has 0 aliphatic carbocycles. The molecule has 0 radical (unpaired) electrons. The Labute approximate surface area is 122 Å². The average Bonchev–Trinajstić information content (AvgIpc) is 2.30. The monoisotopic (exact) mass is 319 g/mol. The number of hydrogen-bond donors (Lipinski definition) is 0. The molecule has 0 N–H and O–H groups in total. The number of hydrogen-bond acceptors (Lipinski definition) is 2. The third-order valence-corrected chi connectivity index (χ3v) is 1.59. The Morgan fingerprint density at radius 1 is 0.923 bits per heavy atom. The molecule has 0 fully saturated rings. The van der Waals surface area contributed by atoms with Crippen LogP contribution in [0.3, 0.4) is 0 Å². The minimum Gasteiger partial charge on any atom is -1.00 e. The van der Waals surface area contributed by atoms with E-state index in [4.69, 9.17) is 0 Å². The number of nitrogens with zero attached hydrogens (tertiary/aromatic N) is 1. The summed E-state index contributed by atoms with van der Waals surface area (Å²) < 4.78 is 0. The molecular weight excluding hydrogens is 315 g/mol. The van der Waals surface area contributed by atoms with Crippen LogP contribution < -0.4 is 12.4 Å². The fourth-order valence-corrected chi connectivity index (χ4v) is 1.07. The van der Waals surface area contributed by atoms with E-state index in [0.29, 0.717) is 11.1 Å². The molecule has 0 saturated carbocycles. The quantitative estimate of drug-likeness (QED) is 0.409. The molecule has 1 aromatic rings. The van der Waals surface area contributed by atoms with Crippen molar-refractivity contribution >= 4 is 60.7 Å². The Morgan fingerprint density at radius 3 is 1.69 bits per heavy atom. The molecular formula is C8H4BaClNO2. The second-order valence-corrected chi connectivity index (χ2v) is 2.27. The molecule has 0 aromatic heterocycles. The Kier molecular flexibility index (Phi) is 5.28. The van der Waals surface area contributed by atoms with Crippen LogP contribution >= 0.6 is 0 Å². The molecule has 1 aliphatic heterocycles. The van der Waals surface area contributed by atoms with E-state index in [2.05, 4.69) is 5.32 Å². The van der Waals surface area contributed by atoms with Crippen molar-refractivity contribution in [1.29, 1.82) is 0 Å². The van der Waals surface area contributed by atoms with Gasteiger partial charge in [-0.1, -0.05) is 24.3 Å². The molecule has 1 heterocycles. The van der Waals surface area contributed by atoms with Gasteiger partial charge < -0.3 is 27.3 Å². The van der Waals surface area contributed by atoms with E-state index in [-0.39, 0.29) is 61.3 Å². The number of rotatable bonds is 0.